The molecule has 0 aromatic rings. The van der Waals surface area contributed by atoms with E-state index in [9.17, 15) is 4.79 Å². The molecule has 8 heteroatoms. The maximum atomic E-state index is 11.7. The molecule has 3 N–H and O–H groups in total. The maximum Gasteiger partial charge on any atom is 0.409 e. The highest BCUT2D eigenvalue weighted by Crippen LogP contribution is 2.16. The van der Waals surface area contributed by atoms with E-state index in [0.717, 1.165) is 39.1 Å². The summed E-state index contributed by atoms with van der Waals surface area (Å²) in [6, 6.07) is 0.251. The Morgan fingerprint density at radius 1 is 1.28 bits per heavy atom. The number of rotatable bonds is 5. The quantitative estimate of drug-likeness (QED) is 0.555. The second-order valence-electron chi connectivity index (χ2n) is 7.22. The van der Waals surface area contributed by atoms with E-state index in [1.807, 2.05) is 6.92 Å². The van der Waals surface area contributed by atoms with Crippen LogP contribution in [0.25, 0.3) is 0 Å². The first-order chi connectivity index (χ1) is 11.9. The second-order valence-corrected chi connectivity index (χ2v) is 7.22. The van der Waals surface area contributed by atoms with Crippen molar-refractivity contribution in [3.8, 4) is 0 Å². The largest absolute Gasteiger partial charge is 0.450 e. The summed E-state index contributed by atoms with van der Waals surface area (Å²) in [7, 11) is 0. The lowest BCUT2D eigenvalue weighted by Crippen LogP contribution is -2.52. The van der Waals surface area contributed by atoms with Gasteiger partial charge < -0.3 is 25.4 Å². The molecule has 2 heterocycles. The van der Waals surface area contributed by atoms with E-state index < -0.39 is 0 Å². The average molecular weight is 355 g/mol. The van der Waals surface area contributed by atoms with Gasteiger partial charge in [0, 0.05) is 37.8 Å². The highest BCUT2D eigenvalue weighted by Gasteiger charge is 2.28. The van der Waals surface area contributed by atoms with E-state index in [1.54, 1.807) is 4.90 Å². The fraction of sp³-hybridized carbons (Fsp3) is 0.882. The lowest BCUT2D eigenvalue weighted by molar-refractivity contribution is -0.00683. The number of hydrogen-bond acceptors (Lipinski definition) is 5. The van der Waals surface area contributed by atoms with Crippen LogP contribution in [0.2, 0.25) is 0 Å². The fourth-order valence-corrected chi connectivity index (χ4v) is 3.22. The number of morpholine rings is 1. The van der Waals surface area contributed by atoms with E-state index >= 15 is 0 Å². The molecule has 0 aliphatic carbocycles. The van der Waals surface area contributed by atoms with Gasteiger partial charge in [-0.05, 0) is 33.6 Å². The third-order valence-corrected chi connectivity index (χ3v) is 4.88. The van der Waals surface area contributed by atoms with E-state index in [0.29, 0.717) is 32.2 Å². The minimum absolute atomic E-state index is 0.0383. The van der Waals surface area contributed by atoms with Gasteiger partial charge in [-0.15, -0.1) is 0 Å². The Morgan fingerprint density at radius 3 is 2.52 bits per heavy atom. The summed E-state index contributed by atoms with van der Waals surface area (Å²) >= 11 is 0. The summed E-state index contributed by atoms with van der Waals surface area (Å²) in [5.74, 6) is 0.482. The number of nitrogens with one attached hydrogen (secondary N) is 1. The zero-order chi connectivity index (χ0) is 18.3. The van der Waals surface area contributed by atoms with Gasteiger partial charge in [0.2, 0.25) is 0 Å². The fourth-order valence-electron chi connectivity index (χ4n) is 3.22. The van der Waals surface area contributed by atoms with Crippen LogP contribution >= 0.6 is 0 Å². The van der Waals surface area contributed by atoms with Gasteiger partial charge in [-0.25, -0.2) is 4.79 Å². The maximum absolute atomic E-state index is 11.7. The summed E-state index contributed by atoms with van der Waals surface area (Å²) in [4.78, 5) is 20.4. The normalized spacial score (nSPS) is 21.2. The lowest BCUT2D eigenvalue weighted by atomic mass is 10.0. The molecule has 0 bridgehead atoms. The van der Waals surface area contributed by atoms with Gasteiger partial charge in [-0.1, -0.05) is 0 Å². The average Bonchev–Trinajstić information content (AvgIpc) is 2.62. The molecule has 0 aromatic heterocycles. The Hall–Kier alpha value is -1.54. The first-order valence-corrected chi connectivity index (χ1v) is 9.23. The number of likely N-dealkylation sites (tertiary alicyclic amines) is 1. The van der Waals surface area contributed by atoms with Crippen molar-refractivity contribution >= 4 is 12.1 Å². The van der Waals surface area contributed by atoms with Gasteiger partial charge >= 0.3 is 6.09 Å². The topological polar surface area (TPSA) is 92.4 Å². The van der Waals surface area contributed by atoms with Crippen molar-refractivity contribution in [2.75, 3.05) is 52.5 Å². The standard InChI is InChI=1S/C17H33N5O3/c1-4-25-16(23)21-7-5-14(6-8-21)20-15(18)19-13-17(2,3)22-9-11-24-12-10-22/h14H,4-13H2,1-3H3,(H3,18,19,20). The lowest BCUT2D eigenvalue weighted by Gasteiger charge is -2.40. The molecule has 0 spiro atoms. The Bertz CT molecular complexity index is 455. The van der Waals surface area contributed by atoms with E-state index in [-0.39, 0.29) is 17.7 Å². The van der Waals surface area contributed by atoms with Crippen LogP contribution in [0, 0.1) is 0 Å². The van der Waals surface area contributed by atoms with Crippen molar-refractivity contribution in [3.05, 3.63) is 0 Å². The number of nitrogens with zero attached hydrogens (tertiary/aromatic N) is 3. The zero-order valence-electron chi connectivity index (χ0n) is 15.8. The molecule has 0 unspecified atom stereocenters. The third kappa shape index (κ3) is 6.04. The molecule has 1 amide bonds. The van der Waals surface area contributed by atoms with E-state index in [1.165, 1.54) is 0 Å². The van der Waals surface area contributed by atoms with Crippen molar-refractivity contribution in [1.82, 2.24) is 15.1 Å². The van der Waals surface area contributed by atoms with Crippen molar-refractivity contribution in [1.29, 1.82) is 0 Å². The van der Waals surface area contributed by atoms with Crippen molar-refractivity contribution < 1.29 is 14.3 Å². The smallest absolute Gasteiger partial charge is 0.409 e. The number of aliphatic imine (C=N–C) groups is 1. The van der Waals surface area contributed by atoms with Crippen LogP contribution in [-0.2, 0) is 9.47 Å². The molecule has 25 heavy (non-hydrogen) atoms. The van der Waals surface area contributed by atoms with Gasteiger partial charge in [0.25, 0.3) is 0 Å². The number of nitrogens with two attached hydrogens (primary N) is 1. The van der Waals surface area contributed by atoms with Crippen LogP contribution in [0.15, 0.2) is 4.99 Å². The molecule has 144 valence electrons. The van der Waals surface area contributed by atoms with Crippen LogP contribution in [0.4, 0.5) is 4.79 Å². The van der Waals surface area contributed by atoms with Crippen molar-refractivity contribution in [2.24, 2.45) is 10.7 Å². The van der Waals surface area contributed by atoms with Gasteiger partial charge in [0.15, 0.2) is 5.96 Å². The zero-order valence-corrected chi connectivity index (χ0v) is 15.8. The molecule has 2 fully saturated rings. The summed E-state index contributed by atoms with van der Waals surface area (Å²) in [6.45, 7) is 12.0. The van der Waals surface area contributed by atoms with Crippen molar-refractivity contribution in [2.45, 2.75) is 45.2 Å². The monoisotopic (exact) mass is 355 g/mol. The summed E-state index contributed by atoms with van der Waals surface area (Å²) in [5.41, 5.74) is 6.04. The van der Waals surface area contributed by atoms with E-state index in [4.69, 9.17) is 15.2 Å². The van der Waals surface area contributed by atoms with Gasteiger partial charge in [-0.3, -0.25) is 9.89 Å². The Labute approximate surface area is 150 Å². The molecule has 0 saturated carbocycles. The van der Waals surface area contributed by atoms with Crippen LogP contribution in [-0.4, -0.2) is 86.0 Å². The van der Waals surface area contributed by atoms with Crippen molar-refractivity contribution in [3.63, 3.8) is 0 Å². The second kappa shape index (κ2) is 9.24. The SMILES string of the molecule is CCOC(=O)N1CCC(NC(N)=NCC(C)(C)N2CCOCC2)CC1. The van der Waals surface area contributed by atoms with Gasteiger partial charge in [-0.2, -0.15) is 0 Å². The van der Waals surface area contributed by atoms with Crippen LogP contribution in [0.3, 0.4) is 0 Å². The molecule has 2 rings (SSSR count). The number of amides is 1. The van der Waals surface area contributed by atoms with Gasteiger partial charge in [0.1, 0.15) is 0 Å². The molecule has 2 saturated heterocycles. The molecule has 8 nitrogen and oxygen atoms in total. The number of hydrogen-bond donors (Lipinski definition) is 2. The third-order valence-electron chi connectivity index (χ3n) is 4.88. The molecular formula is C17H33N5O3. The van der Waals surface area contributed by atoms with Crippen LogP contribution < -0.4 is 11.1 Å². The number of carbonyl (C=O) groups is 1. The number of guanidine groups is 1. The molecular weight excluding hydrogens is 322 g/mol. The molecule has 0 radical (unpaired) electrons. The number of ether oxygens (including phenoxy) is 2. The van der Waals surface area contributed by atoms with Crippen LogP contribution in [0.5, 0.6) is 0 Å². The minimum Gasteiger partial charge on any atom is -0.450 e. The molecule has 2 aliphatic heterocycles. The molecule has 0 atom stereocenters. The van der Waals surface area contributed by atoms with Crippen LogP contribution in [0.1, 0.15) is 33.6 Å². The van der Waals surface area contributed by atoms with Gasteiger partial charge in [0.05, 0.1) is 26.4 Å². The predicted octanol–water partition coefficient (Wildman–Crippen LogP) is 0.622. The first-order valence-electron chi connectivity index (χ1n) is 9.23. The summed E-state index contributed by atoms with van der Waals surface area (Å²) in [5, 5.41) is 3.29. The first kappa shape index (κ1) is 19.8. The number of piperidine rings is 1. The summed E-state index contributed by atoms with van der Waals surface area (Å²) in [6.07, 6.45) is 1.47. The molecule has 0 aromatic carbocycles. The Morgan fingerprint density at radius 2 is 1.92 bits per heavy atom. The molecule has 2 aliphatic rings. The Kier molecular flexibility index (Phi) is 7.31. The predicted molar refractivity (Wildman–Crippen MR) is 97.7 cm³/mol. The highest BCUT2D eigenvalue weighted by atomic mass is 16.6. The summed E-state index contributed by atoms with van der Waals surface area (Å²) < 4.78 is 10.4. The number of carbonyl (C=O) groups excluding carboxylic acids is 1. The minimum atomic E-state index is -0.227. The van der Waals surface area contributed by atoms with E-state index in [2.05, 4.69) is 29.1 Å². The highest BCUT2D eigenvalue weighted by molar-refractivity contribution is 5.78. The Balaban J connectivity index is 1.75.